The number of carbonyl (C=O) groups is 2. The molecule has 2 saturated heterocycles. The standard InChI is InChI=1S/C17H19ClF3N3O2/c18-12-6-5-11(23-7-1-2-8-23)10-13(12)22-15(25)14-4-3-9-24(14)16(26)17(19,20)21/h5-6,10,14H,1-4,7-9H2,(H,22,25). The third kappa shape index (κ3) is 3.90. The van der Waals surface area contributed by atoms with Crippen LogP contribution in [0.25, 0.3) is 0 Å². The van der Waals surface area contributed by atoms with Gasteiger partial charge in [0, 0.05) is 25.3 Å². The minimum absolute atomic E-state index is 0.0853. The number of benzene rings is 1. The van der Waals surface area contributed by atoms with E-state index in [1.165, 1.54) is 0 Å². The molecule has 3 rings (SSSR count). The van der Waals surface area contributed by atoms with Gasteiger partial charge in [0.05, 0.1) is 10.7 Å². The monoisotopic (exact) mass is 389 g/mol. The van der Waals surface area contributed by atoms with Gasteiger partial charge < -0.3 is 15.1 Å². The van der Waals surface area contributed by atoms with Crippen molar-refractivity contribution >= 4 is 34.8 Å². The number of anilines is 2. The van der Waals surface area contributed by atoms with Crippen LogP contribution in [-0.2, 0) is 9.59 Å². The topological polar surface area (TPSA) is 52.7 Å². The van der Waals surface area contributed by atoms with Crippen molar-refractivity contribution in [2.45, 2.75) is 37.9 Å². The Hall–Kier alpha value is -1.96. The van der Waals surface area contributed by atoms with Crippen LogP contribution in [0.2, 0.25) is 5.02 Å². The fourth-order valence-corrected chi connectivity index (χ4v) is 3.61. The second-order valence-corrected chi connectivity index (χ2v) is 6.91. The van der Waals surface area contributed by atoms with E-state index in [1.54, 1.807) is 12.1 Å². The van der Waals surface area contributed by atoms with E-state index in [0.717, 1.165) is 31.6 Å². The van der Waals surface area contributed by atoms with Gasteiger partial charge in [-0.3, -0.25) is 9.59 Å². The van der Waals surface area contributed by atoms with Gasteiger partial charge in [0.15, 0.2) is 0 Å². The fraction of sp³-hybridized carbons (Fsp3) is 0.529. The average Bonchev–Trinajstić information content (AvgIpc) is 3.26. The molecule has 0 aromatic heterocycles. The number of amides is 2. The first kappa shape index (κ1) is 18.8. The smallest absolute Gasteiger partial charge is 0.371 e. The zero-order valence-electron chi connectivity index (χ0n) is 14.0. The second kappa shape index (κ2) is 7.34. The van der Waals surface area contributed by atoms with E-state index in [0.29, 0.717) is 22.0 Å². The lowest BCUT2D eigenvalue weighted by Crippen LogP contribution is -2.48. The first-order valence-electron chi connectivity index (χ1n) is 8.50. The summed E-state index contributed by atoms with van der Waals surface area (Å²) in [4.78, 5) is 26.8. The normalized spacial score (nSPS) is 20.5. The highest BCUT2D eigenvalue weighted by molar-refractivity contribution is 6.33. The number of hydrogen-bond donors (Lipinski definition) is 1. The van der Waals surface area contributed by atoms with E-state index in [4.69, 9.17) is 11.6 Å². The van der Waals surface area contributed by atoms with Crippen LogP contribution in [0.3, 0.4) is 0 Å². The van der Waals surface area contributed by atoms with Gasteiger partial charge in [-0.2, -0.15) is 13.2 Å². The Morgan fingerprint density at radius 1 is 1.12 bits per heavy atom. The Morgan fingerprint density at radius 2 is 1.81 bits per heavy atom. The van der Waals surface area contributed by atoms with Crippen molar-refractivity contribution in [2.24, 2.45) is 0 Å². The first-order valence-corrected chi connectivity index (χ1v) is 8.88. The molecule has 2 heterocycles. The molecule has 1 N–H and O–H groups in total. The molecule has 26 heavy (non-hydrogen) atoms. The van der Waals surface area contributed by atoms with Crippen LogP contribution < -0.4 is 10.2 Å². The molecule has 1 unspecified atom stereocenters. The summed E-state index contributed by atoms with van der Waals surface area (Å²) in [5, 5.41) is 2.89. The highest BCUT2D eigenvalue weighted by Gasteiger charge is 2.47. The number of halogens is 4. The van der Waals surface area contributed by atoms with E-state index in [-0.39, 0.29) is 13.0 Å². The minimum atomic E-state index is -4.99. The maximum Gasteiger partial charge on any atom is 0.471 e. The predicted octanol–water partition coefficient (Wildman–Crippen LogP) is 3.43. The summed E-state index contributed by atoms with van der Waals surface area (Å²) >= 11 is 6.13. The third-order valence-corrected chi connectivity index (χ3v) is 5.07. The zero-order valence-corrected chi connectivity index (χ0v) is 14.7. The quantitative estimate of drug-likeness (QED) is 0.861. The molecule has 2 amide bonds. The number of carbonyl (C=O) groups excluding carboxylic acids is 2. The molecular formula is C17H19ClF3N3O2. The molecule has 2 fully saturated rings. The van der Waals surface area contributed by atoms with E-state index in [1.807, 2.05) is 6.07 Å². The third-order valence-electron chi connectivity index (χ3n) is 4.74. The predicted molar refractivity (Wildman–Crippen MR) is 92.3 cm³/mol. The van der Waals surface area contributed by atoms with Gasteiger partial charge >= 0.3 is 12.1 Å². The fourth-order valence-electron chi connectivity index (χ4n) is 3.44. The molecule has 1 aromatic rings. The number of rotatable bonds is 3. The lowest BCUT2D eigenvalue weighted by atomic mass is 10.2. The summed E-state index contributed by atoms with van der Waals surface area (Å²) in [6.45, 7) is 1.73. The van der Waals surface area contributed by atoms with Gasteiger partial charge in [-0.1, -0.05) is 11.6 Å². The number of likely N-dealkylation sites (tertiary alicyclic amines) is 1. The summed E-state index contributed by atoms with van der Waals surface area (Å²) in [5.74, 6) is -2.63. The van der Waals surface area contributed by atoms with Crippen molar-refractivity contribution in [2.75, 3.05) is 29.9 Å². The van der Waals surface area contributed by atoms with E-state index in [2.05, 4.69) is 10.2 Å². The van der Waals surface area contributed by atoms with Crippen molar-refractivity contribution in [3.05, 3.63) is 23.2 Å². The molecule has 0 bridgehead atoms. The molecular weight excluding hydrogens is 371 g/mol. The molecule has 9 heteroatoms. The van der Waals surface area contributed by atoms with Crippen molar-refractivity contribution in [3.63, 3.8) is 0 Å². The second-order valence-electron chi connectivity index (χ2n) is 6.50. The largest absolute Gasteiger partial charge is 0.471 e. The summed E-state index contributed by atoms with van der Waals surface area (Å²) < 4.78 is 38.1. The minimum Gasteiger partial charge on any atom is -0.371 e. The van der Waals surface area contributed by atoms with E-state index < -0.39 is 24.0 Å². The van der Waals surface area contributed by atoms with Crippen molar-refractivity contribution in [3.8, 4) is 0 Å². The van der Waals surface area contributed by atoms with Crippen molar-refractivity contribution < 1.29 is 22.8 Å². The van der Waals surface area contributed by atoms with Crippen LogP contribution in [0, 0.1) is 0 Å². The molecule has 1 atom stereocenters. The molecule has 5 nitrogen and oxygen atoms in total. The molecule has 0 saturated carbocycles. The summed E-state index contributed by atoms with van der Waals surface area (Å²) in [7, 11) is 0. The van der Waals surface area contributed by atoms with Crippen molar-refractivity contribution in [1.82, 2.24) is 4.90 Å². The number of hydrogen-bond acceptors (Lipinski definition) is 3. The van der Waals surface area contributed by atoms with Gasteiger partial charge in [0.2, 0.25) is 5.91 Å². The SMILES string of the molecule is O=C(Nc1cc(N2CCCC2)ccc1Cl)C1CCCN1C(=O)C(F)(F)F. The molecule has 1 aromatic carbocycles. The maximum atomic E-state index is 12.7. The van der Waals surface area contributed by atoms with Crippen LogP contribution in [0.5, 0.6) is 0 Å². The zero-order chi connectivity index (χ0) is 18.9. The Kier molecular flexibility index (Phi) is 5.32. The highest BCUT2D eigenvalue weighted by Crippen LogP contribution is 2.31. The molecule has 0 spiro atoms. The highest BCUT2D eigenvalue weighted by atomic mass is 35.5. The van der Waals surface area contributed by atoms with Crippen LogP contribution in [0.1, 0.15) is 25.7 Å². The molecule has 2 aliphatic rings. The van der Waals surface area contributed by atoms with Crippen molar-refractivity contribution in [1.29, 1.82) is 0 Å². The van der Waals surface area contributed by atoms with Gasteiger partial charge in [-0.15, -0.1) is 0 Å². The molecule has 142 valence electrons. The number of nitrogens with one attached hydrogen (secondary N) is 1. The van der Waals surface area contributed by atoms with Gasteiger partial charge in [0.25, 0.3) is 0 Å². The Bertz CT molecular complexity index is 705. The summed E-state index contributed by atoms with van der Waals surface area (Å²) in [6.07, 6.45) is -2.28. The van der Waals surface area contributed by atoms with E-state index >= 15 is 0 Å². The lowest BCUT2D eigenvalue weighted by molar-refractivity contribution is -0.186. The molecule has 0 radical (unpaired) electrons. The summed E-state index contributed by atoms with van der Waals surface area (Å²) in [6, 6.07) is 4.07. The van der Waals surface area contributed by atoms with Gasteiger partial charge in [-0.25, -0.2) is 0 Å². The van der Waals surface area contributed by atoms with Crippen LogP contribution in [0.15, 0.2) is 18.2 Å². The van der Waals surface area contributed by atoms with Crippen LogP contribution >= 0.6 is 11.6 Å². The molecule has 0 aliphatic carbocycles. The van der Waals surface area contributed by atoms with E-state index in [9.17, 15) is 22.8 Å². The van der Waals surface area contributed by atoms with Crippen LogP contribution in [-0.4, -0.2) is 48.6 Å². The number of alkyl halides is 3. The summed E-state index contributed by atoms with van der Waals surface area (Å²) in [5.41, 5.74) is 1.24. The average molecular weight is 390 g/mol. The maximum absolute atomic E-state index is 12.7. The Labute approximate surface area is 154 Å². The Morgan fingerprint density at radius 3 is 2.46 bits per heavy atom. The van der Waals surface area contributed by atoms with Gasteiger partial charge in [0.1, 0.15) is 6.04 Å². The van der Waals surface area contributed by atoms with Gasteiger partial charge in [-0.05, 0) is 43.9 Å². The number of nitrogens with zero attached hydrogens (tertiary/aromatic N) is 2. The first-order chi connectivity index (χ1) is 12.3. The molecule has 2 aliphatic heterocycles. The van der Waals surface area contributed by atoms with Crippen LogP contribution in [0.4, 0.5) is 24.5 Å². The Balaban J connectivity index is 1.75. The lowest BCUT2D eigenvalue weighted by Gasteiger charge is -2.25.